The summed E-state index contributed by atoms with van der Waals surface area (Å²) in [6.45, 7) is 10.3. The van der Waals surface area contributed by atoms with Crippen LogP contribution in [0.3, 0.4) is 0 Å². The van der Waals surface area contributed by atoms with Gasteiger partial charge in [0.05, 0.1) is 0 Å². The molecule has 2 nitrogen and oxygen atoms in total. The van der Waals surface area contributed by atoms with Crippen LogP contribution in [0.4, 0.5) is 0 Å². The lowest BCUT2D eigenvalue weighted by atomic mass is 9.73. The summed E-state index contributed by atoms with van der Waals surface area (Å²) in [7, 11) is 0. The Morgan fingerprint density at radius 1 is 1.26 bits per heavy atom. The Morgan fingerprint density at radius 2 is 1.91 bits per heavy atom. The predicted molar refractivity (Wildman–Crippen MR) is 96.9 cm³/mol. The molecule has 0 aromatic heterocycles. The van der Waals surface area contributed by atoms with Crippen LogP contribution in [0.25, 0.3) is 0 Å². The fraction of sp³-hybridized carbons (Fsp3) is 0.429. The molecular formula is C21H28O2. The van der Waals surface area contributed by atoms with Crippen LogP contribution in [0.1, 0.15) is 57.1 Å². The lowest BCUT2D eigenvalue weighted by Crippen LogP contribution is -2.17. The van der Waals surface area contributed by atoms with Crippen LogP contribution in [0.5, 0.6) is 11.5 Å². The molecule has 1 aliphatic carbocycles. The van der Waals surface area contributed by atoms with Gasteiger partial charge in [-0.25, -0.2) is 0 Å². The molecule has 0 bridgehead atoms. The van der Waals surface area contributed by atoms with E-state index in [1.54, 1.807) is 12.1 Å². The highest BCUT2D eigenvalue weighted by atomic mass is 16.3. The van der Waals surface area contributed by atoms with Crippen LogP contribution in [-0.2, 0) is 6.42 Å². The minimum Gasteiger partial charge on any atom is -0.507 e. The van der Waals surface area contributed by atoms with Crippen molar-refractivity contribution in [3.63, 3.8) is 0 Å². The van der Waals surface area contributed by atoms with E-state index in [4.69, 9.17) is 0 Å². The molecule has 0 amide bonds. The van der Waals surface area contributed by atoms with Gasteiger partial charge < -0.3 is 10.2 Å². The molecular weight excluding hydrogens is 284 g/mol. The van der Waals surface area contributed by atoms with E-state index in [1.165, 1.54) is 5.57 Å². The first-order valence-electron chi connectivity index (χ1n) is 8.46. The Hall–Kier alpha value is -1.96. The van der Waals surface area contributed by atoms with Gasteiger partial charge in [-0.3, -0.25) is 0 Å². The zero-order chi connectivity index (χ0) is 17.0. The molecule has 0 aliphatic heterocycles. The van der Waals surface area contributed by atoms with Gasteiger partial charge in [0.1, 0.15) is 11.5 Å². The van der Waals surface area contributed by atoms with Crippen LogP contribution < -0.4 is 0 Å². The quantitative estimate of drug-likeness (QED) is 0.692. The van der Waals surface area contributed by atoms with E-state index < -0.39 is 0 Å². The second kappa shape index (κ2) is 7.54. The second-order valence-corrected chi connectivity index (χ2v) is 6.66. The molecule has 1 aliphatic rings. The van der Waals surface area contributed by atoms with Crippen LogP contribution in [-0.4, -0.2) is 10.2 Å². The molecule has 0 spiro atoms. The van der Waals surface area contributed by atoms with Crippen molar-refractivity contribution in [2.45, 2.75) is 52.4 Å². The minimum absolute atomic E-state index is 0.00137. The summed E-state index contributed by atoms with van der Waals surface area (Å²) in [5.41, 5.74) is 3.98. The van der Waals surface area contributed by atoms with Crippen molar-refractivity contribution in [2.24, 2.45) is 5.92 Å². The number of hydrogen-bond donors (Lipinski definition) is 2. The topological polar surface area (TPSA) is 40.5 Å². The normalized spacial score (nSPS) is 21.4. The van der Waals surface area contributed by atoms with Gasteiger partial charge in [-0.1, -0.05) is 42.9 Å². The van der Waals surface area contributed by atoms with Crippen molar-refractivity contribution in [3.05, 3.63) is 59.2 Å². The summed E-state index contributed by atoms with van der Waals surface area (Å²) in [6, 6.07) is 3.56. The van der Waals surface area contributed by atoms with Gasteiger partial charge in [0.2, 0.25) is 0 Å². The highest BCUT2D eigenvalue weighted by Gasteiger charge is 2.29. The molecule has 23 heavy (non-hydrogen) atoms. The molecule has 2 rings (SSSR count). The highest BCUT2D eigenvalue weighted by Crippen LogP contribution is 2.46. The number of aromatic hydroxyl groups is 2. The van der Waals surface area contributed by atoms with Crippen molar-refractivity contribution >= 4 is 0 Å². The van der Waals surface area contributed by atoms with Gasteiger partial charge in [0, 0.05) is 11.5 Å². The molecule has 1 aromatic rings. The van der Waals surface area contributed by atoms with E-state index in [-0.39, 0.29) is 23.3 Å². The maximum absolute atomic E-state index is 10.5. The summed E-state index contributed by atoms with van der Waals surface area (Å²) in [6.07, 6.45) is 10.1. The van der Waals surface area contributed by atoms with E-state index in [0.29, 0.717) is 5.56 Å². The molecule has 2 N–H and O–H groups in total. The van der Waals surface area contributed by atoms with E-state index in [1.807, 2.05) is 6.92 Å². The Balaban J connectivity index is 2.39. The van der Waals surface area contributed by atoms with Crippen molar-refractivity contribution in [1.29, 1.82) is 0 Å². The highest BCUT2D eigenvalue weighted by molar-refractivity contribution is 5.52. The fourth-order valence-electron chi connectivity index (χ4n) is 3.43. The summed E-state index contributed by atoms with van der Waals surface area (Å²) >= 11 is 0. The van der Waals surface area contributed by atoms with Gasteiger partial charge in [-0.15, -0.1) is 0 Å². The number of benzene rings is 1. The third kappa shape index (κ3) is 4.07. The Morgan fingerprint density at radius 3 is 2.48 bits per heavy atom. The van der Waals surface area contributed by atoms with E-state index in [9.17, 15) is 10.2 Å². The lowest BCUT2D eigenvalue weighted by molar-refractivity contribution is 0.406. The largest absolute Gasteiger partial charge is 0.507 e. The third-order valence-electron chi connectivity index (χ3n) is 4.67. The maximum atomic E-state index is 10.5. The first-order chi connectivity index (χ1) is 10.9. The number of allylic oxidation sites excluding steroid dienone is 5. The van der Waals surface area contributed by atoms with E-state index >= 15 is 0 Å². The SMILES string of the molecule is C=C(C)C1CCC(C)=C[C@H]1c1c(O)cc(C/C=C/CC)cc1O. The monoisotopic (exact) mass is 312 g/mol. The van der Waals surface area contributed by atoms with Crippen molar-refractivity contribution in [3.8, 4) is 11.5 Å². The predicted octanol–water partition coefficient (Wildman–Crippen LogP) is 5.62. The fourth-order valence-corrected chi connectivity index (χ4v) is 3.43. The van der Waals surface area contributed by atoms with Crippen molar-refractivity contribution in [2.75, 3.05) is 0 Å². The zero-order valence-corrected chi connectivity index (χ0v) is 14.5. The molecule has 0 saturated carbocycles. The average Bonchev–Trinajstić information content (AvgIpc) is 2.46. The van der Waals surface area contributed by atoms with Gasteiger partial charge in [0.25, 0.3) is 0 Å². The molecule has 1 aromatic carbocycles. The Kier molecular flexibility index (Phi) is 5.70. The molecule has 0 radical (unpaired) electrons. The summed E-state index contributed by atoms with van der Waals surface area (Å²) in [5, 5.41) is 21.0. The summed E-state index contributed by atoms with van der Waals surface area (Å²) < 4.78 is 0. The van der Waals surface area contributed by atoms with Crippen LogP contribution in [0, 0.1) is 5.92 Å². The molecule has 0 saturated heterocycles. The molecule has 0 fully saturated rings. The van der Waals surface area contributed by atoms with Crippen LogP contribution in [0.15, 0.2) is 48.1 Å². The van der Waals surface area contributed by atoms with Crippen LogP contribution in [0.2, 0.25) is 0 Å². The Labute approximate surface area is 139 Å². The third-order valence-corrected chi connectivity index (χ3v) is 4.67. The van der Waals surface area contributed by atoms with Crippen molar-refractivity contribution in [1.82, 2.24) is 0 Å². The smallest absolute Gasteiger partial charge is 0.123 e. The zero-order valence-electron chi connectivity index (χ0n) is 14.5. The average molecular weight is 312 g/mol. The van der Waals surface area contributed by atoms with Gasteiger partial charge >= 0.3 is 0 Å². The van der Waals surface area contributed by atoms with Crippen LogP contribution >= 0.6 is 0 Å². The first-order valence-corrected chi connectivity index (χ1v) is 8.46. The molecule has 124 valence electrons. The molecule has 2 heteroatoms. The van der Waals surface area contributed by atoms with E-state index in [0.717, 1.165) is 36.8 Å². The number of rotatable bonds is 5. The van der Waals surface area contributed by atoms with Gasteiger partial charge in [-0.05, 0) is 63.1 Å². The number of hydrogen-bond acceptors (Lipinski definition) is 2. The van der Waals surface area contributed by atoms with E-state index in [2.05, 4.69) is 38.7 Å². The van der Waals surface area contributed by atoms with Gasteiger partial charge in [-0.2, -0.15) is 0 Å². The molecule has 2 atom stereocenters. The Bertz CT molecular complexity index is 614. The lowest BCUT2D eigenvalue weighted by Gasteiger charge is -2.31. The number of phenolic OH excluding ortho intramolecular Hbond substituents is 2. The first kappa shape index (κ1) is 17.4. The number of phenols is 2. The summed E-state index contributed by atoms with van der Waals surface area (Å²) in [4.78, 5) is 0. The maximum Gasteiger partial charge on any atom is 0.123 e. The van der Waals surface area contributed by atoms with Crippen molar-refractivity contribution < 1.29 is 10.2 Å². The summed E-state index contributed by atoms with van der Waals surface area (Å²) in [5.74, 6) is 0.641. The molecule has 1 unspecified atom stereocenters. The minimum atomic E-state index is 0.00137. The second-order valence-electron chi connectivity index (χ2n) is 6.66. The standard InChI is InChI=1S/C21H28O2/c1-5-6-7-8-16-12-19(22)21(20(23)13-16)18-11-15(4)9-10-17(18)14(2)3/h6-7,11-13,17-18,22-23H,2,5,8-10H2,1,3-4H3/b7-6+/t17?,18-/m1/s1. The molecule has 0 heterocycles. The van der Waals surface area contributed by atoms with Gasteiger partial charge in [0.15, 0.2) is 0 Å².